The van der Waals surface area contributed by atoms with Crippen LogP contribution in [0.15, 0.2) is 52.0 Å². The van der Waals surface area contributed by atoms with E-state index in [1.807, 2.05) is 18.2 Å². The molecule has 0 amide bonds. The molecule has 1 aromatic heterocycles. The minimum atomic E-state index is -3.45. The lowest BCUT2D eigenvalue weighted by Crippen LogP contribution is -2.40. The number of piperidine rings is 1. The minimum absolute atomic E-state index is 0. The number of rotatable bonds is 8. The van der Waals surface area contributed by atoms with Crippen molar-refractivity contribution in [3.63, 3.8) is 0 Å². The van der Waals surface area contributed by atoms with E-state index >= 15 is 0 Å². The SMILES string of the molecule is CCS(=O)(=O)c1cc2c(OC[C@@H](O)CN3CCC(c4ccc(Cl)c(Cl)c4)CC3)cccc2o1.Cl.O. The molecule has 35 heavy (non-hydrogen) atoms. The Balaban J connectivity index is 0.00000216. The lowest BCUT2D eigenvalue weighted by Gasteiger charge is -2.33. The Kier molecular flexibility index (Phi) is 10.7. The molecule has 2 aromatic carbocycles. The van der Waals surface area contributed by atoms with Gasteiger partial charge < -0.3 is 24.6 Å². The van der Waals surface area contributed by atoms with Crippen LogP contribution in [-0.4, -0.2) is 62.0 Å². The van der Waals surface area contributed by atoms with E-state index in [0.717, 1.165) is 25.9 Å². The van der Waals surface area contributed by atoms with Crippen molar-refractivity contribution in [3.05, 3.63) is 58.1 Å². The average Bonchev–Trinajstić information content (AvgIpc) is 3.26. The maximum absolute atomic E-state index is 12.1. The highest BCUT2D eigenvalue weighted by molar-refractivity contribution is 7.91. The molecular weight excluding hydrogens is 537 g/mol. The van der Waals surface area contributed by atoms with Crippen LogP contribution < -0.4 is 4.74 Å². The number of ether oxygens (including phenoxy) is 1. The highest BCUT2D eigenvalue weighted by Crippen LogP contribution is 2.33. The van der Waals surface area contributed by atoms with Gasteiger partial charge in [-0.1, -0.05) is 42.3 Å². The van der Waals surface area contributed by atoms with E-state index in [1.54, 1.807) is 25.1 Å². The highest BCUT2D eigenvalue weighted by atomic mass is 35.5. The number of aliphatic hydroxyl groups is 1. The lowest BCUT2D eigenvalue weighted by molar-refractivity contribution is 0.0599. The lowest BCUT2D eigenvalue weighted by atomic mass is 9.89. The summed E-state index contributed by atoms with van der Waals surface area (Å²) in [7, 11) is -3.45. The summed E-state index contributed by atoms with van der Waals surface area (Å²) >= 11 is 12.2. The first kappa shape index (κ1) is 29.7. The van der Waals surface area contributed by atoms with Crippen LogP contribution in [0.4, 0.5) is 0 Å². The predicted octanol–water partition coefficient (Wildman–Crippen LogP) is 4.75. The zero-order valence-electron chi connectivity index (χ0n) is 19.2. The molecule has 2 heterocycles. The second-order valence-electron chi connectivity index (χ2n) is 8.35. The van der Waals surface area contributed by atoms with Gasteiger partial charge in [-0.3, -0.25) is 0 Å². The normalized spacial score (nSPS) is 15.9. The fourth-order valence-corrected chi connectivity index (χ4v) is 5.29. The summed E-state index contributed by atoms with van der Waals surface area (Å²) in [4.78, 5) is 2.23. The molecule has 7 nitrogen and oxygen atoms in total. The van der Waals surface area contributed by atoms with Crippen LogP contribution in [0, 0.1) is 0 Å². The Morgan fingerprint density at radius 3 is 2.51 bits per heavy atom. The number of nitrogens with zero attached hydrogens (tertiary/aromatic N) is 1. The Labute approximate surface area is 221 Å². The molecule has 3 N–H and O–H groups in total. The van der Waals surface area contributed by atoms with Gasteiger partial charge in [-0.05, 0) is 61.7 Å². The van der Waals surface area contributed by atoms with E-state index < -0.39 is 15.9 Å². The zero-order valence-corrected chi connectivity index (χ0v) is 22.4. The van der Waals surface area contributed by atoms with Crippen LogP contribution in [-0.2, 0) is 9.84 Å². The molecule has 1 aliphatic heterocycles. The number of halogens is 3. The molecule has 0 bridgehead atoms. The van der Waals surface area contributed by atoms with Crippen molar-refractivity contribution in [1.29, 1.82) is 0 Å². The molecule has 11 heteroatoms. The van der Waals surface area contributed by atoms with E-state index in [0.29, 0.717) is 39.2 Å². The summed E-state index contributed by atoms with van der Waals surface area (Å²) in [6.45, 7) is 3.93. The molecule has 0 spiro atoms. The molecule has 3 aromatic rings. The summed E-state index contributed by atoms with van der Waals surface area (Å²) in [6, 6.07) is 12.5. The smallest absolute Gasteiger partial charge is 0.219 e. The number of fused-ring (bicyclic) bond motifs is 1. The number of sulfone groups is 1. The van der Waals surface area contributed by atoms with Gasteiger partial charge in [0.2, 0.25) is 14.9 Å². The summed E-state index contributed by atoms with van der Waals surface area (Å²) in [5.41, 5.74) is 1.64. The van der Waals surface area contributed by atoms with Crippen LogP contribution in [0.5, 0.6) is 5.75 Å². The molecule has 0 aliphatic carbocycles. The van der Waals surface area contributed by atoms with Crippen LogP contribution in [0.25, 0.3) is 11.0 Å². The van der Waals surface area contributed by atoms with Gasteiger partial charge in [-0.25, -0.2) is 8.42 Å². The number of furan rings is 1. The van der Waals surface area contributed by atoms with Crippen molar-refractivity contribution in [2.45, 2.75) is 36.9 Å². The van der Waals surface area contributed by atoms with E-state index in [9.17, 15) is 13.5 Å². The molecule has 1 atom stereocenters. The van der Waals surface area contributed by atoms with Crippen LogP contribution in [0.1, 0.15) is 31.2 Å². The fraction of sp³-hybridized carbons (Fsp3) is 0.417. The molecule has 1 fully saturated rings. The Bertz CT molecular complexity index is 1230. The topological polar surface area (TPSA) is 111 Å². The van der Waals surface area contributed by atoms with Gasteiger partial charge in [0.1, 0.15) is 24.0 Å². The van der Waals surface area contributed by atoms with Gasteiger partial charge >= 0.3 is 0 Å². The maximum Gasteiger partial charge on any atom is 0.219 e. The first-order valence-electron chi connectivity index (χ1n) is 11.0. The maximum atomic E-state index is 12.1. The Morgan fingerprint density at radius 1 is 1.14 bits per heavy atom. The van der Waals surface area contributed by atoms with E-state index in [4.69, 9.17) is 32.4 Å². The third-order valence-electron chi connectivity index (χ3n) is 6.09. The number of hydrogen-bond acceptors (Lipinski definition) is 6. The molecule has 0 unspecified atom stereocenters. The van der Waals surface area contributed by atoms with Gasteiger partial charge in [-0.2, -0.15) is 0 Å². The summed E-state index contributed by atoms with van der Waals surface area (Å²) < 4.78 is 35.6. The summed E-state index contributed by atoms with van der Waals surface area (Å²) in [5.74, 6) is 0.881. The third-order valence-corrected chi connectivity index (χ3v) is 8.40. The summed E-state index contributed by atoms with van der Waals surface area (Å²) in [6.07, 6.45) is 1.29. The van der Waals surface area contributed by atoms with E-state index in [1.165, 1.54) is 11.6 Å². The van der Waals surface area contributed by atoms with Crippen LogP contribution in [0.2, 0.25) is 10.0 Å². The molecular formula is C24H30Cl3NO6S. The minimum Gasteiger partial charge on any atom is -0.490 e. The molecule has 4 rings (SSSR count). The number of β-amino-alcohol motifs (C(OH)–C–C–N with tert-alkyl or cyclic N) is 1. The molecule has 1 aliphatic rings. The van der Waals surface area contributed by atoms with E-state index in [2.05, 4.69) is 4.90 Å². The third kappa shape index (κ3) is 7.04. The highest BCUT2D eigenvalue weighted by Gasteiger charge is 2.23. The quantitative estimate of drug-likeness (QED) is 0.421. The van der Waals surface area contributed by atoms with Gasteiger partial charge in [-0.15, -0.1) is 12.4 Å². The van der Waals surface area contributed by atoms with Crippen LogP contribution >= 0.6 is 35.6 Å². The van der Waals surface area contributed by atoms with Gasteiger partial charge in [0.15, 0.2) is 0 Å². The average molecular weight is 567 g/mol. The molecule has 194 valence electrons. The molecule has 0 saturated carbocycles. The van der Waals surface area contributed by atoms with Gasteiger partial charge in [0, 0.05) is 12.6 Å². The monoisotopic (exact) mass is 565 g/mol. The predicted molar refractivity (Wildman–Crippen MR) is 141 cm³/mol. The zero-order chi connectivity index (χ0) is 23.6. The number of aliphatic hydroxyl groups excluding tert-OH is 1. The summed E-state index contributed by atoms with van der Waals surface area (Å²) in [5, 5.41) is 12.2. The Morgan fingerprint density at radius 2 is 1.86 bits per heavy atom. The first-order valence-corrected chi connectivity index (χ1v) is 13.4. The number of benzene rings is 2. The van der Waals surface area contributed by atoms with Crippen molar-refractivity contribution >= 4 is 56.4 Å². The van der Waals surface area contributed by atoms with Gasteiger partial charge in [0.05, 0.1) is 21.2 Å². The van der Waals surface area contributed by atoms with Crippen molar-refractivity contribution in [1.82, 2.24) is 4.90 Å². The van der Waals surface area contributed by atoms with Crippen LogP contribution in [0.3, 0.4) is 0 Å². The molecule has 0 radical (unpaired) electrons. The Hall–Kier alpha value is -1.52. The van der Waals surface area contributed by atoms with Crippen molar-refractivity contribution in [2.24, 2.45) is 0 Å². The number of likely N-dealkylation sites (tertiary alicyclic amines) is 1. The largest absolute Gasteiger partial charge is 0.490 e. The van der Waals surface area contributed by atoms with Gasteiger partial charge in [0.25, 0.3) is 0 Å². The standard InChI is InChI=1S/C24H27Cl2NO5S.ClH.H2O/c1-2-33(29,30)24-13-19-22(4-3-5-23(19)32-24)31-15-18(28)14-27-10-8-16(9-11-27)17-6-7-20(25)21(26)12-17;;/h3-7,12-13,16,18,28H,2,8-11,14-15H2,1H3;1H;1H2/t18-;;/m0../s1. The number of hydrogen-bond donors (Lipinski definition) is 1. The fourth-order valence-electron chi connectivity index (χ4n) is 4.18. The second-order valence-corrected chi connectivity index (χ2v) is 11.4. The van der Waals surface area contributed by atoms with Crippen molar-refractivity contribution in [2.75, 3.05) is 32.0 Å². The molecule has 1 saturated heterocycles. The van der Waals surface area contributed by atoms with Crippen molar-refractivity contribution < 1.29 is 28.2 Å². The van der Waals surface area contributed by atoms with E-state index in [-0.39, 0.29) is 35.3 Å². The second kappa shape index (κ2) is 12.6. The van der Waals surface area contributed by atoms with Crippen molar-refractivity contribution in [3.8, 4) is 5.75 Å². The first-order chi connectivity index (χ1) is 15.8.